The molecule has 0 radical (unpaired) electrons. The second-order valence-corrected chi connectivity index (χ2v) is 6.25. The zero-order valence-corrected chi connectivity index (χ0v) is 16.2. The molecule has 146 valence electrons. The van der Waals surface area contributed by atoms with Crippen LogP contribution in [0.15, 0.2) is 42.5 Å². The minimum absolute atomic E-state index is 0.0576. The van der Waals surface area contributed by atoms with E-state index in [1.54, 1.807) is 36.3 Å². The van der Waals surface area contributed by atoms with Gasteiger partial charge in [-0.15, -0.1) is 0 Å². The topological polar surface area (TPSA) is 65.1 Å². The average Bonchev–Trinajstić information content (AvgIpc) is 2.72. The average molecular weight is 381 g/mol. The summed E-state index contributed by atoms with van der Waals surface area (Å²) < 4.78 is 16.5. The molecule has 28 heavy (non-hydrogen) atoms. The van der Waals surface area contributed by atoms with Crippen LogP contribution in [0.3, 0.4) is 0 Å². The standard InChI is InChI=1S/C22H23NO5/c1-4-27-20-8-5-16(13-21(20)26-3)6-10-22(25)23-11-12-28-19-9-7-17(15(2)24)14-18(19)23/h5-10,13-14H,4,11-12H2,1-3H3/b10-6+. The van der Waals surface area contributed by atoms with E-state index in [4.69, 9.17) is 14.2 Å². The monoisotopic (exact) mass is 381 g/mol. The molecule has 1 heterocycles. The van der Waals surface area contributed by atoms with Crippen molar-refractivity contribution in [2.75, 3.05) is 31.8 Å². The van der Waals surface area contributed by atoms with Crippen LogP contribution in [0.1, 0.15) is 29.8 Å². The summed E-state index contributed by atoms with van der Waals surface area (Å²) >= 11 is 0. The van der Waals surface area contributed by atoms with Gasteiger partial charge in [0.15, 0.2) is 17.3 Å². The number of carbonyl (C=O) groups is 2. The van der Waals surface area contributed by atoms with Gasteiger partial charge in [-0.05, 0) is 55.8 Å². The molecule has 0 bridgehead atoms. The fourth-order valence-corrected chi connectivity index (χ4v) is 2.99. The maximum Gasteiger partial charge on any atom is 0.251 e. The van der Waals surface area contributed by atoms with E-state index in [0.29, 0.717) is 48.3 Å². The van der Waals surface area contributed by atoms with Crippen LogP contribution in [0.5, 0.6) is 17.2 Å². The van der Waals surface area contributed by atoms with Gasteiger partial charge >= 0.3 is 0 Å². The quantitative estimate of drug-likeness (QED) is 0.563. The molecule has 1 aliphatic heterocycles. The van der Waals surface area contributed by atoms with Crippen molar-refractivity contribution in [1.29, 1.82) is 0 Å². The van der Waals surface area contributed by atoms with Crippen molar-refractivity contribution in [3.8, 4) is 17.2 Å². The fraction of sp³-hybridized carbons (Fsp3) is 0.273. The summed E-state index contributed by atoms with van der Waals surface area (Å²) in [7, 11) is 1.58. The van der Waals surface area contributed by atoms with Gasteiger partial charge in [-0.3, -0.25) is 9.59 Å². The molecule has 0 saturated carbocycles. The van der Waals surface area contributed by atoms with E-state index in [1.165, 1.54) is 13.0 Å². The highest BCUT2D eigenvalue weighted by molar-refractivity contribution is 6.06. The van der Waals surface area contributed by atoms with Crippen LogP contribution in [0, 0.1) is 0 Å². The Labute approximate surface area is 164 Å². The molecule has 0 fully saturated rings. The molecule has 0 atom stereocenters. The Balaban J connectivity index is 1.82. The predicted molar refractivity (Wildman–Crippen MR) is 107 cm³/mol. The second-order valence-electron chi connectivity index (χ2n) is 6.25. The number of ketones is 1. The lowest BCUT2D eigenvalue weighted by Gasteiger charge is -2.29. The van der Waals surface area contributed by atoms with Gasteiger partial charge in [0.05, 0.1) is 25.9 Å². The van der Waals surface area contributed by atoms with Gasteiger partial charge in [-0.1, -0.05) is 6.07 Å². The molecule has 0 aliphatic carbocycles. The Kier molecular flexibility index (Phi) is 5.99. The highest BCUT2D eigenvalue weighted by Gasteiger charge is 2.23. The first-order valence-electron chi connectivity index (χ1n) is 9.11. The molecule has 2 aromatic rings. The Bertz CT molecular complexity index is 919. The number of Topliss-reactive ketones (excluding diaryl/α,β-unsaturated/α-hetero) is 1. The summed E-state index contributed by atoms with van der Waals surface area (Å²) in [6, 6.07) is 10.6. The Morgan fingerprint density at radius 2 is 2.00 bits per heavy atom. The van der Waals surface area contributed by atoms with Gasteiger partial charge in [0, 0.05) is 11.6 Å². The normalized spacial score (nSPS) is 13.0. The summed E-state index contributed by atoms with van der Waals surface area (Å²) in [6.45, 7) is 4.77. The van der Waals surface area contributed by atoms with Crippen molar-refractivity contribution < 1.29 is 23.8 Å². The van der Waals surface area contributed by atoms with Crippen molar-refractivity contribution in [3.63, 3.8) is 0 Å². The molecule has 0 unspecified atom stereocenters. The summed E-state index contributed by atoms with van der Waals surface area (Å²) in [5.41, 5.74) is 1.97. The van der Waals surface area contributed by atoms with Gasteiger partial charge in [-0.2, -0.15) is 0 Å². The Morgan fingerprint density at radius 1 is 1.18 bits per heavy atom. The summed E-state index contributed by atoms with van der Waals surface area (Å²) in [5.74, 6) is 1.63. The first kappa shape index (κ1) is 19.5. The number of fused-ring (bicyclic) bond motifs is 1. The molecule has 0 spiro atoms. The number of carbonyl (C=O) groups excluding carboxylic acids is 2. The van der Waals surface area contributed by atoms with Crippen molar-refractivity contribution in [2.24, 2.45) is 0 Å². The lowest BCUT2D eigenvalue weighted by molar-refractivity contribution is -0.114. The second kappa shape index (κ2) is 8.61. The number of hydrogen-bond donors (Lipinski definition) is 0. The summed E-state index contributed by atoms with van der Waals surface area (Å²) in [4.78, 5) is 26.1. The van der Waals surface area contributed by atoms with Gasteiger partial charge in [0.2, 0.25) is 0 Å². The first-order valence-corrected chi connectivity index (χ1v) is 9.11. The molecular formula is C22H23NO5. The van der Waals surface area contributed by atoms with E-state index in [2.05, 4.69) is 0 Å². The van der Waals surface area contributed by atoms with Gasteiger partial charge in [0.1, 0.15) is 12.4 Å². The lowest BCUT2D eigenvalue weighted by atomic mass is 10.1. The number of rotatable bonds is 6. The Hall–Kier alpha value is -3.28. The third-order valence-corrected chi connectivity index (χ3v) is 4.40. The van der Waals surface area contributed by atoms with Crippen LogP contribution in [0.25, 0.3) is 6.08 Å². The first-order chi connectivity index (χ1) is 13.5. The third kappa shape index (κ3) is 4.17. The molecular weight excluding hydrogens is 358 g/mol. The van der Waals surface area contributed by atoms with E-state index < -0.39 is 0 Å². The van der Waals surface area contributed by atoms with Crippen LogP contribution in [0.4, 0.5) is 5.69 Å². The van der Waals surface area contributed by atoms with Crippen molar-refractivity contribution in [3.05, 3.63) is 53.6 Å². The summed E-state index contributed by atoms with van der Waals surface area (Å²) in [5, 5.41) is 0. The third-order valence-electron chi connectivity index (χ3n) is 4.40. The van der Waals surface area contributed by atoms with Crippen LogP contribution in [0.2, 0.25) is 0 Å². The van der Waals surface area contributed by atoms with Gasteiger partial charge in [-0.25, -0.2) is 0 Å². The van der Waals surface area contributed by atoms with Crippen LogP contribution < -0.4 is 19.1 Å². The lowest BCUT2D eigenvalue weighted by Crippen LogP contribution is -2.37. The smallest absolute Gasteiger partial charge is 0.251 e. The molecule has 6 heteroatoms. The van der Waals surface area contributed by atoms with E-state index in [0.717, 1.165) is 5.56 Å². The van der Waals surface area contributed by atoms with Crippen molar-refractivity contribution in [1.82, 2.24) is 0 Å². The number of ether oxygens (including phenoxy) is 3. The molecule has 3 rings (SSSR count). The van der Waals surface area contributed by atoms with E-state index >= 15 is 0 Å². The Morgan fingerprint density at radius 3 is 2.71 bits per heavy atom. The zero-order valence-electron chi connectivity index (χ0n) is 16.2. The summed E-state index contributed by atoms with van der Waals surface area (Å²) in [6.07, 6.45) is 3.23. The van der Waals surface area contributed by atoms with Crippen LogP contribution in [-0.4, -0.2) is 38.6 Å². The van der Waals surface area contributed by atoms with E-state index in [1.807, 2.05) is 25.1 Å². The number of amides is 1. The molecule has 0 N–H and O–H groups in total. The highest BCUT2D eigenvalue weighted by atomic mass is 16.5. The highest BCUT2D eigenvalue weighted by Crippen LogP contribution is 2.33. The van der Waals surface area contributed by atoms with Crippen molar-refractivity contribution in [2.45, 2.75) is 13.8 Å². The zero-order chi connectivity index (χ0) is 20.1. The number of hydrogen-bond acceptors (Lipinski definition) is 5. The fourth-order valence-electron chi connectivity index (χ4n) is 2.99. The van der Waals surface area contributed by atoms with E-state index in [9.17, 15) is 9.59 Å². The number of benzene rings is 2. The van der Waals surface area contributed by atoms with Crippen LogP contribution >= 0.6 is 0 Å². The maximum atomic E-state index is 12.8. The number of methoxy groups -OCH3 is 1. The van der Waals surface area contributed by atoms with Crippen molar-refractivity contribution >= 4 is 23.5 Å². The number of nitrogens with zero attached hydrogens (tertiary/aromatic N) is 1. The minimum Gasteiger partial charge on any atom is -0.493 e. The molecule has 6 nitrogen and oxygen atoms in total. The predicted octanol–water partition coefficient (Wildman–Crippen LogP) is 3.74. The van der Waals surface area contributed by atoms with Gasteiger partial charge < -0.3 is 19.1 Å². The van der Waals surface area contributed by atoms with Gasteiger partial charge in [0.25, 0.3) is 5.91 Å². The minimum atomic E-state index is -0.182. The largest absolute Gasteiger partial charge is 0.493 e. The molecule has 0 saturated heterocycles. The van der Waals surface area contributed by atoms with E-state index in [-0.39, 0.29) is 11.7 Å². The maximum absolute atomic E-state index is 12.8. The molecule has 1 amide bonds. The molecule has 1 aliphatic rings. The molecule has 0 aromatic heterocycles. The van der Waals surface area contributed by atoms with Crippen LogP contribution in [-0.2, 0) is 4.79 Å². The molecule has 2 aromatic carbocycles. The SMILES string of the molecule is CCOc1ccc(/C=C/C(=O)N2CCOc3ccc(C(C)=O)cc32)cc1OC. The number of anilines is 1.